The first kappa shape index (κ1) is 19.1. The number of hydrogen-bond donors (Lipinski definition) is 3. The van der Waals surface area contributed by atoms with Gasteiger partial charge in [0, 0.05) is 5.69 Å². The van der Waals surface area contributed by atoms with Crippen molar-refractivity contribution in [3.05, 3.63) is 53.3 Å². The number of sulfonamides is 1. The number of aryl methyl sites for hydroxylation is 1. The van der Waals surface area contributed by atoms with E-state index in [4.69, 9.17) is 0 Å². The number of halogens is 4. The summed E-state index contributed by atoms with van der Waals surface area (Å²) >= 11 is 0. The topological polar surface area (TPSA) is 87.3 Å². The lowest BCUT2D eigenvalue weighted by Gasteiger charge is -2.27. The summed E-state index contributed by atoms with van der Waals surface area (Å²) in [5.41, 5.74) is -1.01. The van der Waals surface area contributed by atoms with Crippen LogP contribution >= 0.6 is 0 Å². The Bertz CT molecular complexity index is 1020. The van der Waals surface area contributed by atoms with Gasteiger partial charge in [-0.05, 0) is 42.8 Å². The van der Waals surface area contributed by atoms with Crippen LogP contribution in [0.4, 0.5) is 28.9 Å². The van der Waals surface area contributed by atoms with Gasteiger partial charge in [-0.15, -0.1) is 0 Å². The zero-order valence-electron chi connectivity index (χ0n) is 13.7. The summed E-state index contributed by atoms with van der Waals surface area (Å²) in [7, 11) is -4.22. The normalized spacial score (nSPS) is 18.3. The van der Waals surface area contributed by atoms with Crippen molar-refractivity contribution in [2.24, 2.45) is 0 Å². The van der Waals surface area contributed by atoms with Gasteiger partial charge in [-0.25, -0.2) is 12.8 Å². The molecule has 1 amide bonds. The second-order valence-corrected chi connectivity index (χ2v) is 7.54. The van der Waals surface area contributed by atoms with Crippen LogP contribution in [-0.2, 0) is 21.0 Å². The van der Waals surface area contributed by atoms with Crippen LogP contribution in [0.25, 0.3) is 0 Å². The third-order valence-corrected chi connectivity index (χ3v) is 5.35. The predicted octanol–water partition coefficient (Wildman–Crippen LogP) is 2.82. The highest BCUT2D eigenvalue weighted by Gasteiger charge is 2.37. The number of alkyl halides is 3. The van der Waals surface area contributed by atoms with Crippen molar-refractivity contribution >= 4 is 27.3 Å². The Balaban J connectivity index is 1.89. The fourth-order valence-corrected chi connectivity index (χ4v) is 3.72. The van der Waals surface area contributed by atoms with Crippen LogP contribution in [0.15, 0.2) is 41.3 Å². The fourth-order valence-electron chi connectivity index (χ4n) is 2.46. The number of fused-ring (bicyclic) bond motifs is 1. The Morgan fingerprint density at radius 3 is 2.48 bits per heavy atom. The molecular weight excluding hydrogens is 390 g/mol. The van der Waals surface area contributed by atoms with E-state index in [9.17, 15) is 30.8 Å². The standard InChI is InChI=1S/C16H13F4N3O3S/c1-8-2-4-10(7-11(8)17)21-15(24)14-22-12-6-9(16(18,19)20)3-5-13(12)27(25,26)23-14/h2-7,14,22-23H,1H3,(H,21,24)/t14-/m1/s1. The molecule has 1 atom stereocenters. The van der Waals surface area contributed by atoms with Crippen LogP contribution in [0.5, 0.6) is 0 Å². The van der Waals surface area contributed by atoms with Gasteiger partial charge in [0.25, 0.3) is 5.91 Å². The molecule has 0 saturated carbocycles. The minimum absolute atomic E-state index is 0.0685. The molecule has 0 saturated heterocycles. The first-order valence-electron chi connectivity index (χ1n) is 7.54. The molecule has 0 unspecified atom stereocenters. The smallest absolute Gasteiger partial charge is 0.360 e. The van der Waals surface area contributed by atoms with Gasteiger partial charge < -0.3 is 10.6 Å². The lowest BCUT2D eigenvalue weighted by molar-refractivity contribution is -0.137. The molecule has 27 heavy (non-hydrogen) atoms. The van der Waals surface area contributed by atoms with E-state index in [0.29, 0.717) is 17.7 Å². The van der Waals surface area contributed by atoms with Crippen molar-refractivity contribution in [1.82, 2.24) is 4.72 Å². The van der Waals surface area contributed by atoms with Crippen molar-refractivity contribution < 1.29 is 30.8 Å². The molecule has 1 aliphatic heterocycles. The predicted molar refractivity (Wildman–Crippen MR) is 88.9 cm³/mol. The van der Waals surface area contributed by atoms with E-state index in [1.807, 2.05) is 4.72 Å². The molecular formula is C16H13F4N3O3S. The molecule has 2 aromatic rings. The summed E-state index contributed by atoms with van der Waals surface area (Å²) in [5.74, 6) is -1.49. The summed E-state index contributed by atoms with van der Waals surface area (Å²) in [6.07, 6.45) is -6.25. The Morgan fingerprint density at radius 1 is 1.15 bits per heavy atom. The maximum Gasteiger partial charge on any atom is 0.416 e. The van der Waals surface area contributed by atoms with Gasteiger partial charge in [0.2, 0.25) is 10.0 Å². The summed E-state index contributed by atoms with van der Waals surface area (Å²) in [6, 6.07) is 5.91. The Labute approximate surface area is 151 Å². The molecule has 2 aromatic carbocycles. The Kier molecular flexibility index (Phi) is 4.60. The molecule has 3 N–H and O–H groups in total. The van der Waals surface area contributed by atoms with Crippen molar-refractivity contribution in [3.63, 3.8) is 0 Å². The molecule has 0 aliphatic carbocycles. The summed E-state index contributed by atoms with van der Waals surface area (Å²) < 4.78 is 78.6. The second kappa shape index (κ2) is 6.50. The number of nitrogens with one attached hydrogen (secondary N) is 3. The minimum atomic E-state index is -4.68. The van der Waals surface area contributed by atoms with Crippen molar-refractivity contribution in [1.29, 1.82) is 0 Å². The summed E-state index contributed by atoms with van der Waals surface area (Å²) in [6.45, 7) is 1.52. The summed E-state index contributed by atoms with van der Waals surface area (Å²) in [5, 5.41) is 4.72. The van der Waals surface area contributed by atoms with Crippen LogP contribution in [0.1, 0.15) is 11.1 Å². The van der Waals surface area contributed by atoms with E-state index in [1.54, 1.807) is 0 Å². The molecule has 0 radical (unpaired) electrons. The van der Waals surface area contributed by atoms with Crippen LogP contribution in [0.3, 0.4) is 0 Å². The average molecular weight is 403 g/mol. The van der Waals surface area contributed by atoms with Gasteiger partial charge in [0.1, 0.15) is 10.7 Å². The molecule has 3 rings (SSSR count). The van der Waals surface area contributed by atoms with Crippen LogP contribution < -0.4 is 15.4 Å². The van der Waals surface area contributed by atoms with Gasteiger partial charge >= 0.3 is 6.18 Å². The number of hydrogen-bond acceptors (Lipinski definition) is 4. The van der Waals surface area contributed by atoms with E-state index in [2.05, 4.69) is 10.6 Å². The summed E-state index contributed by atoms with van der Waals surface area (Å²) in [4.78, 5) is 11.9. The number of amides is 1. The zero-order valence-corrected chi connectivity index (χ0v) is 14.5. The molecule has 11 heteroatoms. The highest BCUT2D eigenvalue weighted by molar-refractivity contribution is 7.89. The molecule has 0 bridgehead atoms. The average Bonchev–Trinajstić information content (AvgIpc) is 2.56. The molecule has 0 fully saturated rings. The Morgan fingerprint density at radius 2 is 1.85 bits per heavy atom. The van der Waals surface area contributed by atoms with E-state index in [0.717, 1.165) is 12.1 Å². The van der Waals surface area contributed by atoms with Crippen LogP contribution in [-0.4, -0.2) is 20.5 Å². The van der Waals surface area contributed by atoms with Gasteiger partial charge in [-0.3, -0.25) is 4.79 Å². The zero-order chi connectivity index (χ0) is 20.0. The number of rotatable bonds is 2. The SMILES string of the molecule is Cc1ccc(NC(=O)[C@@H]2Nc3cc(C(F)(F)F)ccc3S(=O)(=O)N2)cc1F. The number of carbonyl (C=O) groups is 1. The van der Waals surface area contributed by atoms with E-state index < -0.39 is 44.5 Å². The molecule has 0 spiro atoms. The third-order valence-electron chi connectivity index (χ3n) is 3.87. The third kappa shape index (κ3) is 3.88. The van der Waals surface area contributed by atoms with Gasteiger partial charge in [0.15, 0.2) is 6.17 Å². The van der Waals surface area contributed by atoms with Crippen molar-refractivity contribution in [2.75, 3.05) is 10.6 Å². The maximum absolute atomic E-state index is 13.6. The first-order chi connectivity index (χ1) is 12.5. The Hall–Kier alpha value is -2.66. The van der Waals surface area contributed by atoms with E-state index in [1.165, 1.54) is 19.1 Å². The lowest BCUT2D eigenvalue weighted by Crippen LogP contribution is -2.51. The van der Waals surface area contributed by atoms with Crippen LogP contribution in [0, 0.1) is 12.7 Å². The quantitative estimate of drug-likeness (QED) is 0.673. The lowest BCUT2D eigenvalue weighted by atomic mass is 10.2. The molecule has 6 nitrogen and oxygen atoms in total. The molecule has 1 heterocycles. The highest BCUT2D eigenvalue weighted by Crippen LogP contribution is 2.35. The largest absolute Gasteiger partial charge is 0.416 e. The monoisotopic (exact) mass is 403 g/mol. The van der Waals surface area contributed by atoms with Gasteiger partial charge in [0.05, 0.1) is 11.3 Å². The van der Waals surface area contributed by atoms with E-state index in [-0.39, 0.29) is 11.4 Å². The van der Waals surface area contributed by atoms with Crippen molar-refractivity contribution in [2.45, 2.75) is 24.2 Å². The van der Waals surface area contributed by atoms with Gasteiger partial charge in [-0.2, -0.15) is 17.9 Å². The number of carbonyl (C=O) groups excluding carboxylic acids is 1. The fraction of sp³-hybridized carbons (Fsp3) is 0.188. The van der Waals surface area contributed by atoms with Gasteiger partial charge in [-0.1, -0.05) is 6.07 Å². The molecule has 144 valence electrons. The maximum atomic E-state index is 13.6. The first-order valence-corrected chi connectivity index (χ1v) is 9.03. The highest BCUT2D eigenvalue weighted by atomic mass is 32.2. The molecule has 0 aromatic heterocycles. The molecule has 1 aliphatic rings. The van der Waals surface area contributed by atoms with Crippen molar-refractivity contribution in [3.8, 4) is 0 Å². The second-order valence-electron chi connectivity index (χ2n) is 5.86. The van der Waals surface area contributed by atoms with E-state index >= 15 is 0 Å². The number of benzene rings is 2. The number of anilines is 2. The van der Waals surface area contributed by atoms with Crippen LogP contribution in [0.2, 0.25) is 0 Å². The minimum Gasteiger partial charge on any atom is -0.360 e.